The number of halogens is 5. The fraction of sp³-hybridized carbons (Fsp3) is 0.235. The van der Waals surface area contributed by atoms with Gasteiger partial charge in [0.2, 0.25) is 5.82 Å². The Balaban J connectivity index is 2.02. The Hall–Kier alpha value is -2.64. The van der Waals surface area contributed by atoms with E-state index in [2.05, 4.69) is 9.72 Å². The summed E-state index contributed by atoms with van der Waals surface area (Å²) in [6.45, 7) is 2.12. The third-order valence-electron chi connectivity index (χ3n) is 3.56. The van der Waals surface area contributed by atoms with Gasteiger partial charge in [-0.25, -0.2) is 4.98 Å². The van der Waals surface area contributed by atoms with Gasteiger partial charge < -0.3 is 4.74 Å². The molecule has 0 aliphatic carbocycles. The summed E-state index contributed by atoms with van der Waals surface area (Å²) in [6.07, 6.45) is -6.57. The smallest absolute Gasteiger partial charge is 0.433 e. The van der Waals surface area contributed by atoms with E-state index >= 15 is 0 Å². The number of hydrogen-bond donors (Lipinski definition) is 0. The fourth-order valence-corrected chi connectivity index (χ4v) is 2.53. The Bertz CT molecular complexity index is 908. The number of rotatable bonds is 3. The number of alkyl halides is 5. The number of aryl methyl sites for hydroxylation is 1. The molecule has 0 spiro atoms. The van der Waals surface area contributed by atoms with Crippen LogP contribution in [0, 0.1) is 6.92 Å². The standard InChI is InChI=1S/C17H13F5N2O/c1-10-14-8-5-12(9-24(14)15(23-10)17(20,21)22)11-3-6-13(7-4-11)25-16(2,18)19/h3-9H,1-2H3. The molecule has 1 aromatic carbocycles. The molecule has 2 heterocycles. The summed E-state index contributed by atoms with van der Waals surface area (Å²) in [5.41, 5.74) is 1.67. The van der Waals surface area contributed by atoms with Gasteiger partial charge in [0.15, 0.2) is 0 Å². The van der Waals surface area contributed by atoms with Crippen LogP contribution in [0.3, 0.4) is 0 Å². The van der Waals surface area contributed by atoms with Crippen molar-refractivity contribution in [2.24, 2.45) is 0 Å². The van der Waals surface area contributed by atoms with Crippen LogP contribution in [0.25, 0.3) is 16.6 Å². The summed E-state index contributed by atoms with van der Waals surface area (Å²) in [4.78, 5) is 3.58. The molecule has 0 aliphatic heterocycles. The van der Waals surface area contributed by atoms with Crippen LogP contribution in [0.1, 0.15) is 18.4 Å². The highest BCUT2D eigenvalue weighted by atomic mass is 19.4. The quantitative estimate of drug-likeness (QED) is 0.594. The van der Waals surface area contributed by atoms with Crippen LogP contribution >= 0.6 is 0 Å². The van der Waals surface area contributed by atoms with Crippen molar-refractivity contribution in [3.8, 4) is 16.9 Å². The topological polar surface area (TPSA) is 26.5 Å². The number of nitrogens with zero attached hydrogens (tertiary/aromatic N) is 2. The van der Waals surface area contributed by atoms with E-state index in [-0.39, 0.29) is 11.4 Å². The molecule has 8 heteroatoms. The van der Waals surface area contributed by atoms with Gasteiger partial charge in [0.25, 0.3) is 0 Å². The summed E-state index contributed by atoms with van der Waals surface area (Å²) in [7, 11) is 0. The molecule has 0 unspecified atom stereocenters. The molecule has 0 amide bonds. The molecular weight excluding hydrogens is 343 g/mol. The zero-order valence-corrected chi connectivity index (χ0v) is 13.2. The molecule has 0 fully saturated rings. The summed E-state index contributed by atoms with van der Waals surface area (Å²) in [6, 6.07) is 8.85. The van der Waals surface area contributed by atoms with Gasteiger partial charge in [0, 0.05) is 13.1 Å². The van der Waals surface area contributed by atoms with Gasteiger partial charge in [-0.05, 0) is 36.2 Å². The Labute approximate surface area is 139 Å². The molecule has 0 radical (unpaired) electrons. The molecule has 25 heavy (non-hydrogen) atoms. The predicted molar refractivity (Wildman–Crippen MR) is 81.6 cm³/mol. The molecule has 0 atom stereocenters. The van der Waals surface area contributed by atoms with Crippen molar-refractivity contribution in [2.45, 2.75) is 26.1 Å². The summed E-state index contributed by atoms with van der Waals surface area (Å²) in [5.74, 6) is -1.04. The van der Waals surface area contributed by atoms with E-state index in [1.54, 1.807) is 6.07 Å². The summed E-state index contributed by atoms with van der Waals surface area (Å²) >= 11 is 0. The largest absolute Gasteiger partial charge is 0.450 e. The molecule has 3 aromatic rings. The van der Waals surface area contributed by atoms with Crippen LogP contribution < -0.4 is 4.74 Å². The van der Waals surface area contributed by atoms with Gasteiger partial charge in [0.05, 0.1) is 11.2 Å². The van der Waals surface area contributed by atoms with Gasteiger partial charge in [-0.3, -0.25) is 4.40 Å². The summed E-state index contributed by atoms with van der Waals surface area (Å²) < 4.78 is 70.4. The Morgan fingerprint density at radius 2 is 1.52 bits per heavy atom. The van der Waals surface area contributed by atoms with Crippen LogP contribution in [-0.2, 0) is 6.18 Å². The van der Waals surface area contributed by atoms with E-state index in [1.165, 1.54) is 43.5 Å². The number of fused-ring (bicyclic) bond motifs is 1. The predicted octanol–water partition coefficient (Wildman–Crippen LogP) is 5.32. The lowest BCUT2D eigenvalue weighted by molar-refractivity contribution is -0.159. The first-order valence-electron chi connectivity index (χ1n) is 7.28. The van der Waals surface area contributed by atoms with Crippen molar-refractivity contribution in [1.29, 1.82) is 0 Å². The van der Waals surface area contributed by atoms with Gasteiger partial charge in [-0.1, -0.05) is 18.2 Å². The van der Waals surface area contributed by atoms with Crippen LogP contribution in [0.5, 0.6) is 5.75 Å². The third-order valence-corrected chi connectivity index (χ3v) is 3.56. The lowest BCUT2D eigenvalue weighted by Crippen LogP contribution is -2.18. The van der Waals surface area contributed by atoms with Crippen molar-refractivity contribution < 1.29 is 26.7 Å². The van der Waals surface area contributed by atoms with E-state index in [9.17, 15) is 22.0 Å². The first-order chi connectivity index (χ1) is 11.5. The van der Waals surface area contributed by atoms with Crippen molar-refractivity contribution in [2.75, 3.05) is 0 Å². The number of aromatic nitrogens is 2. The number of imidazole rings is 1. The minimum Gasteiger partial charge on any atom is -0.433 e. The van der Waals surface area contributed by atoms with E-state index in [1.807, 2.05) is 0 Å². The molecule has 3 nitrogen and oxygen atoms in total. The maximum Gasteiger partial charge on any atom is 0.450 e. The molecule has 132 valence electrons. The van der Waals surface area contributed by atoms with Crippen molar-refractivity contribution in [3.63, 3.8) is 0 Å². The number of benzene rings is 1. The summed E-state index contributed by atoms with van der Waals surface area (Å²) in [5, 5.41) is 0. The van der Waals surface area contributed by atoms with Crippen LogP contribution in [0.15, 0.2) is 42.6 Å². The monoisotopic (exact) mass is 356 g/mol. The van der Waals surface area contributed by atoms with Gasteiger partial charge in [-0.15, -0.1) is 0 Å². The van der Waals surface area contributed by atoms with Crippen molar-refractivity contribution in [3.05, 3.63) is 54.1 Å². The van der Waals surface area contributed by atoms with Gasteiger partial charge in [0.1, 0.15) is 5.75 Å². The van der Waals surface area contributed by atoms with E-state index in [0.717, 1.165) is 4.40 Å². The highest BCUT2D eigenvalue weighted by Crippen LogP contribution is 2.32. The van der Waals surface area contributed by atoms with E-state index in [0.29, 0.717) is 23.6 Å². The SMILES string of the molecule is Cc1nc(C(F)(F)F)n2cc(-c3ccc(OC(C)(F)F)cc3)ccc12. The molecule has 0 saturated heterocycles. The number of pyridine rings is 1. The lowest BCUT2D eigenvalue weighted by atomic mass is 10.1. The maximum absolute atomic E-state index is 13.1. The Morgan fingerprint density at radius 3 is 2.08 bits per heavy atom. The van der Waals surface area contributed by atoms with E-state index in [4.69, 9.17) is 0 Å². The van der Waals surface area contributed by atoms with E-state index < -0.39 is 18.1 Å². The minimum atomic E-state index is -4.58. The zero-order chi connectivity index (χ0) is 18.4. The molecule has 0 bridgehead atoms. The van der Waals surface area contributed by atoms with Crippen molar-refractivity contribution >= 4 is 5.52 Å². The van der Waals surface area contributed by atoms with Gasteiger partial charge in [-0.2, -0.15) is 22.0 Å². The van der Waals surface area contributed by atoms with Gasteiger partial charge >= 0.3 is 12.3 Å². The highest BCUT2D eigenvalue weighted by molar-refractivity contribution is 5.67. The van der Waals surface area contributed by atoms with Crippen molar-refractivity contribution in [1.82, 2.24) is 9.38 Å². The normalized spacial score (nSPS) is 12.6. The molecule has 0 saturated carbocycles. The molecular formula is C17H13F5N2O. The number of ether oxygens (including phenoxy) is 1. The first-order valence-corrected chi connectivity index (χ1v) is 7.28. The second-order valence-corrected chi connectivity index (χ2v) is 5.63. The Kier molecular flexibility index (Phi) is 3.93. The molecule has 0 N–H and O–H groups in total. The second-order valence-electron chi connectivity index (χ2n) is 5.63. The fourth-order valence-electron chi connectivity index (χ4n) is 2.53. The number of hydrogen-bond acceptors (Lipinski definition) is 2. The highest BCUT2D eigenvalue weighted by Gasteiger charge is 2.36. The van der Waals surface area contributed by atoms with Crippen LogP contribution in [0.4, 0.5) is 22.0 Å². The average molecular weight is 356 g/mol. The Morgan fingerprint density at radius 1 is 0.920 bits per heavy atom. The van der Waals surface area contributed by atoms with Crippen LogP contribution in [-0.4, -0.2) is 15.5 Å². The zero-order valence-electron chi connectivity index (χ0n) is 13.2. The minimum absolute atomic E-state index is 0.0354. The average Bonchev–Trinajstić information content (AvgIpc) is 2.83. The second kappa shape index (κ2) is 5.72. The third kappa shape index (κ3) is 3.57. The molecule has 3 rings (SSSR count). The maximum atomic E-state index is 13.1. The lowest BCUT2D eigenvalue weighted by Gasteiger charge is -2.13. The molecule has 0 aliphatic rings. The first kappa shape index (κ1) is 17.2. The van der Waals surface area contributed by atoms with Crippen LogP contribution in [0.2, 0.25) is 0 Å². The molecule has 2 aromatic heterocycles.